The predicted molar refractivity (Wildman–Crippen MR) is 87.7 cm³/mol. The van der Waals surface area contributed by atoms with Gasteiger partial charge in [-0.2, -0.15) is 0 Å². The molecule has 0 aliphatic carbocycles. The van der Waals surface area contributed by atoms with Crippen molar-refractivity contribution in [1.29, 1.82) is 0 Å². The first kappa shape index (κ1) is 16.1. The van der Waals surface area contributed by atoms with E-state index >= 15 is 0 Å². The van der Waals surface area contributed by atoms with Crippen molar-refractivity contribution < 1.29 is 9.53 Å². The maximum atomic E-state index is 12.4. The van der Waals surface area contributed by atoms with Gasteiger partial charge >= 0.3 is 6.09 Å². The highest BCUT2D eigenvalue weighted by Gasteiger charge is 2.33. The van der Waals surface area contributed by atoms with Gasteiger partial charge < -0.3 is 9.64 Å². The molecule has 0 saturated carbocycles. The Kier molecular flexibility index (Phi) is 4.19. The molecule has 3 rings (SSSR count). The number of rotatable bonds is 2. The van der Waals surface area contributed by atoms with Crippen molar-refractivity contribution in [2.45, 2.75) is 51.7 Å². The van der Waals surface area contributed by atoms with Crippen LogP contribution in [0.3, 0.4) is 0 Å². The zero-order valence-corrected chi connectivity index (χ0v) is 14.4. The lowest BCUT2D eigenvalue weighted by molar-refractivity contribution is 0.0225. The van der Waals surface area contributed by atoms with E-state index in [1.807, 2.05) is 36.3 Å². The molecule has 1 aliphatic rings. The second kappa shape index (κ2) is 6.00. The molecule has 1 atom stereocenters. The van der Waals surface area contributed by atoms with Gasteiger partial charge in [-0.1, -0.05) is 11.6 Å². The van der Waals surface area contributed by atoms with E-state index in [2.05, 4.69) is 9.97 Å². The highest BCUT2D eigenvalue weighted by Crippen LogP contribution is 2.24. The van der Waals surface area contributed by atoms with Crippen LogP contribution in [0.4, 0.5) is 4.79 Å². The molecule has 0 radical (unpaired) electrons. The number of hydrogen-bond donors (Lipinski definition) is 0. The standard InChI is InChI=1S/C16H21ClN4O2/c1-16(2,3)23-15(22)20-7-4-5-11(20)9-13-19-10-12-14(17)18-6-8-21(12)13/h6,8,10-11H,4-5,7,9H2,1-3H3. The van der Waals surface area contributed by atoms with Crippen molar-refractivity contribution in [3.8, 4) is 0 Å². The number of carbonyl (C=O) groups is 1. The number of carbonyl (C=O) groups excluding carboxylic acids is 1. The molecule has 1 saturated heterocycles. The Morgan fingerprint density at radius 3 is 2.96 bits per heavy atom. The molecule has 1 fully saturated rings. The summed E-state index contributed by atoms with van der Waals surface area (Å²) < 4.78 is 7.44. The molecule has 23 heavy (non-hydrogen) atoms. The van der Waals surface area contributed by atoms with Crippen LogP contribution < -0.4 is 0 Å². The Morgan fingerprint density at radius 2 is 2.22 bits per heavy atom. The van der Waals surface area contributed by atoms with Crippen LogP contribution in [0.15, 0.2) is 18.6 Å². The van der Waals surface area contributed by atoms with E-state index < -0.39 is 5.60 Å². The number of amides is 1. The van der Waals surface area contributed by atoms with Crippen LogP contribution in [0.1, 0.15) is 39.4 Å². The fourth-order valence-electron chi connectivity index (χ4n) is 2.92. The molecular weight excluding hydrogens is 316 g/mol. The van der Waals surface area contributed by atoms with Gasteiger partial charge in [0.1, 0.15) is 16.9 Å². The topological polar surface area (TPSA) is 59.7 Å². The summed E-state index contributed by atoms with van der Waals surface area (Å²) in [6, 6.07) is 0.0994. The van der Waals surface area contributed by atoms with E-state index in [1.54, 1.807) is 12.4 Å². The van der Waals surface area contributed by atoms with Crippen molar-refractivity contribution in [3.05, 3.63) is 29.6 Å². The third-order valence-electron chi connectivity index (χ3n) is 3.91. The quantitative estimate of drug-likeness (QED) is 0.844. The predicted octanol–water partition coefficient (Wildman–Crippen LogP) is 3.32. The number of nitrogens with zero attached hydrogens (tertiary/aromatic N) is 4. The third kappa shape index (κ3) is 3.42. The van der Waals surface area contributed by atoms with Gasteiger partial charge in [0.2, 0.25) is 0 Å². The zero-order valence-electron chi connectivity index (χ0n) is 13.6. The van der Waals surface area contributed by atoms with Gasteiger partial charge in [-0.25, -0.2) is 14.8 Å². The molecule has 7 heteroatoms. The highest BCUT2D eigenvalue weighted by molar-refractivity contribution is 6.32. The molecule has 124 valence electrons. The lowest BCUT2D eigenvalue weighted by Gasteiger charge is -2.28. The summed E-state index contributed by atoms with van der Waals surface area (Å²) in [4.78, 5) is 22.7. The molecule has 6 nitrogen and oxygen atoms in total. The Morgan fingerprint density at radius 1 is 1.43 bits per heavy atom. The molecule has 2 aromatic heterocycles. The first-order chi connectivity index (χ1) is 10.8. The largest absolute Gasteiger partial charge is 0.444 e. The monoisotopic (exact) mass is 336 g/mol. The molecule has 1 aliphatic heterocycles. The van der Waals surface area contributed by atoms with Gasteiger partial charge in [-0.15, -0.1) is 0 Å². The maximum Gasteiger partial charge on any atom is 0.410 e. The number of halogens is 1. The molecule has 0 aromatic carbocycles. The first-order valence-electron chi connectivity index (χ1n) is 7.81. The molecular formula is C16H21ClN4O2. The summed E-state index contributed by atoms with van der Waals surface area (Å²) in [5.41, 5.74) is 0.301. The van der Waals surface area contributed by atoms with E-state index in [-0.39, 0.29) is 12.1 Å². The van der Waals surface area contributed by atoms with E-state index in [1.165, 1.54) is 0 Å². The van der Waals surface area contributed by atoms with Crippen LogP contribution in [0, 0.1) is 0 Å². The Hall–Kier alpha value is -1.82. The van der Waals surface area contributed by atoms with Crippen LogP contribution in [-0.4, -0.2) is 43.5 Å². The van der Waals surface area contributed by atoms with Crippen molar-refractivity contribution in [3.63, 3.8) is 0 Å². The molecule has 3 heterocycles. The minimum atomic E-state index is -0.483. The lowest BCUT2D eigenvalue weighted by Crippen LogP contribution is -2.40. The van der Waals surface area contributed by atoms with E-state index in [4.69, 9.17) is 16.3 Å². The van der Waals surface area contributed by atoms with E-state index in [9.17, 15) is 4.79 Å². The molecule has 1 amide bonds. The molecule has 0 N–H and O–H groups in total. The number of hydrogen-bond acceptors (Lipinski definition) is 4. The van der Waals surface area contributed by atoms with Crippen LogP contribution >= 0.6 is 11.6 Å². The van der Waals surface area contributed by atoms with Crippen molar-refractivity contribution in [2.24, 2.45) is 0 Å². The molecule has 1 unspecified atom stereocenters. The summed E-state index contributed by atoms with van der Waals surface area (Å²) in [7, 11) is 0. The number of aromatic nitrogens is 3. The van der Waals surface area contributed by atoms with Crippen LogP contribution in [0.2, 0.25) is 5.15 Å². The number of imidazole rings is 1. The number of fused-ring (bicyclic) bond motifs is 1. The third-order valence-corrected chi connectivity index (χ3v) is 4.20. The summed E-state index contributed by atoms with van der Waals surface area (Å²) >= 11 is 6.08. The summed E-state index contributed by atoms with van der Waals surface area (Å²) in [5.74, 6) is 0.879. The lowest BCUT2D eigenvalue weighted by atomic mass is 10.1. The summed E-state index contributed by atoms with van der Waals surface area (Å²) in [6.45, 7) is 6.37. The van der Waals surface area contributed by atoms with Gasteiger partial charge in [0.25, 0.3) is 0 Å². The highest BCUT2D eigenvalue weighted by atomic mass is 35.5. The van der Waals surface area contributed by atoms with Crippen molar-refractivity contribution >= 4 is 23.2 Å². The van der Waals surface area contributed by atoms with Crippen LogP contribution in [-0.2, 0) is 11.2 Å². The van der Waals surface area contributed by atoms with Crippen LogP contribution in [0.25, 0.3) is 5.52 Å². The summed E-state index contributed by atoms with van der Waals surface area (Å²) in [5, 5.41) is 0.432. The number of likely N-dealkylation sites (tertiary alicyclic amines) is 1. The Balaban J connectivity index is 1.78. The average molecular weight is 337 g/mol. The fourth-order valence-corrected chi connectivity index (χ4v) is 3.12. The van der Waals surface area contributed by atoms with Gasteiger partial charge in [0.05, 0.1) is 6.20 Å². The zero-order chi connectivity index (χ0) is 16.6. The van der Waals surface area contributed by atoms with Crippen LogP contribution in [0.5, 0.6) is 0 Å². The fraction of sp³-hybridized carbons (Fsp3) is 0.562. The Labute approximate surface area is 140 Å². The molecule has 0 bridgehead atoms. The van der Waals surface area contributed by atoms with Gasteiger partial charge in [-0.3, -0.25) is 4.40 Å². The normalized spacial score (nSPS) is 18.6. The molecule has 0 spiro atoms. The van der Waals surface area contributed by atoms with E-state index in [0.717, 1.165) is 30.7 Å². The van der Waals surface area contributed by atoms with Gasteiger partial charge in [-0.05, 0) is 33.6 Å². The Bertz CT molecular complexity index is 722. The van der Waals surface area contributed by atoms with Crippen molar-refractivity contribution in [2.75, 3.05) is 6.54 Å². The summed E-state index contributed by atoms with van der Waals surface area (Å²) in [6.07, 6.45) is 7.57. The molecule has 2 aromatic rings. The van der Waals surface area contributed by atoms with Gasteiger partial charge in [0.15, 0.2) is 5.15 Å². The maximum absolute atomic E-state index is 12.4. The van der Waals surface area contributed by atoms with Crippen molar-refractivity contribution in [1.82, 2.24) is 19.3 Å². The minimum Gasteiger partial charge on any atom is -0.444 e. The second-order valence-electron chi connectivity index (χ2n) is 6.82. The second-order valence-corrected chi connectivity index (χ2v) is 7.18. The van der Waals surface area contributed by atoms with Gasteiger partial charge in [0, 0.05) is 31.4 Å². The van der Waals surface area contributed by atoms with E-state index in [0.29, 0.717) is 11.6 Å². The first-order valence-corrected chi connectivity index (χ1v) is 8.19. The number of ether oxygens (including phenoxy) is 1. The SMILES string of the molecule is CC(C)(C)OC(=O)N1CCCC1Cc1ncc2c(Cl)nccn12. The smallest absolute Gasteiger partial charge is 0.410 e. The minimum absolute atomic E-state index is 0.0994. The average Bonchev–Trinajstić information content (AvgIpc) is 3.06.